The minimum absolute atomic E-state index is 0.00377. The first-order valence-corrected chi connectivity index (χ1v) is 8.85. The molecule has 0 bridgehead atoms. The fraction of sp³-hybridized carbons (Fsp3) is 0.300. The topological polar surface area (TPSA) is 70.2 Å². The SMILES string of the molecule is CC1CC1C(=O)Nc1cccc(C(=O)Nc2ccccc2NCC(F)(F)F)c1. The Balaban J connectivity index is 1.68. The van der Waals surface area contributed by atoms with Gasteiger partial charge in [-0.05, 0) is 42.7 Å². The molecule has 2 unspecified atom stereocenters. The Morgan fingerprint density at radius 2 is 1.71 bits per heavy atom. The molecule has 1 fully saturated rings. The number of hydrogen-bond acceptors (Lipinski definition) is 3. The van der Waals surface area contributed by atoms with Crippen molar-refractivity contribution in [2.24, 2.45) is 11.8 Å². The summed E-state index contributed by atoms with van der Waals surface area (Å²) in [4.78, 5) is 24.6. The zero-order valence-electron chi connectivity index (χ0n) is 15.1. The van der Waals surface area contributed by atoms with Gasteiger partial charge in [-0.25, -0.2) is 0 Å². The molecule has 2 aromatic rings. The highest BCUT2D eigenvalue weighted by atomic mass is 19.4. The van der Waals surface area contributed by atoms with Gasteiger partial charge >= 0.3 is 6.18 Å². The molecule has 0 heterocycles. The summed E-state index contributed by atoms with van der Waals surface area (Å²) in [5, 5.41) is 7.66. The summed E-state index contributed by atoms with van der Waals surface area (Å²) in [7, 11) is 0. The lowest BCUT2D eigenvalue weighted by Crippen LogP contribution is -2.22. The van der Waals surface area contributed by atoms with Crippen molar-refractivity contribution in [3.8, 4) is 0 Å². The summed E-state index contributed by atoms with van der Waals surface area (Å²) in [6.07, 6.45) is -3.52. The highest BCUT2D eigenvalue weighted by molar-refractivity contribution is 6.07. The molecule has 1 aliphatic rings. The maximum Gasteiger partial charge on any atom is 0.405 e. The number of alkyl halides is 3. The Morgan fingerprint density at radius 1 is 1.04 bits per heavy atom. The number of benzene rings is 2. The summed E-state index contributed by atoms with van der Waals surface area (Å²) in [6.45, 7) is 0.791. The van der Waals surface area contributed by atoms with Gasteiger partial charge in [0, 0.05) is 17.2 Å². The number of nitrogens with one attached hydrogen (secondary N) is 3. The van der Waals surface area contributed by atoms with Gasteiger partial charge in [-0.15, -0.1) is 0 Å². The third-order valence-corrected chi connectivity index (χ3v) is 4.49. The van der Waals surface area contributed by atoms with Crippen LogP contribution < -0.4 is 16.0 Å². The van der Waals surface area contributed by atoms with Crippen LogP contribution in [-0.4, -0.2) is 24.5 Å². The van der Waals surface area contributed by atoms with Crippen LogP contribution in [0.1, 0.15) is 23.7 Å². The molecular formula is C20H20F3N3O2. The average Bonchev–Trinajstić information content (AvgIpc) is 3.37. The Kier molecular flexibility index (Phi) is 5.58. The van der Waals surface area contributed by atoms with Crippen molar-refractivity contribution in [1.82, 2.24) is 0 Å². The zero-order chi connectivity index (χ0) is 20.3. The molecule has 2 amide bonds. The van der Waals surface area contributed by atoms with Crippen LogP contribution in [0.4, 0.5) is 30.2 Å². The van der Waals surface area contributed by atoms with Crippen molar-refractivity contribution in [3.05, 3.63) is 54.1 Å². The van der Waals surface area contributed by atoms with Gasteiger partial charge in [-0.1, -0.05) is 25.1 Å². The Morgan fingerprint density at radius 3 is 2.36 bits per heavy atom. The predicted molar refractivity (Wildman–Crippen MR) is 101 cm³/mol. The summed E-state index contributed by atoms with van der Waals surface area (Å²) < 4.78 is 37.4. The molecule has 2 aromatic carbocycles. The van der Waals surface area contributed by atoms with Crippen molar-refractivity contribution in [2.45, 2.75) is 19.5 Å². The summed E-state index contributed by atoms with van der Waals surface area (Å²) in [5.74, 6) is -0.194. The number of para-hydroxylation sites is 2. The predicted octanol–water partition coefficient (Wildman–Crippen LogP) is 4.51. The third kappa shape index (κ3) is 5.25. The lowest BCUT2D eigenvalue weighted by atomic mass is 10.1. The third-order valence-electron chi connectivity index (χ3n) is 4.49. The number of hydrogen-bond donors (Lipinski definition) is 3. The van der Waals surface area contributed by atoms with Crippen molar-refractivity contribution < 1.29 is 22.8 Å². The molecule has 3 N–H and O–H groups in total. The van der Waals surface area contributed by atoms with Gasteiger partial charge < -0.3 is 16.0 Å². The first kappa shape index (κ1) is 19.7. The van der Waals surface area contributed by atoms with E-state index in [2.05, 4.69) is 16.0 Å². The van der Waals surface area contributed by atoms with Crippen LogP contribution in [0.25, 0.3) is 0 Å². The molecule has 28 heavy (non-hydrogen) atoms. The highest BCUT2D eigenvalue weighted by Crippen LogP contribution is 2.38. The van der Waals surface area contributed by atoms with Crippen LogP contribution in [0, 0.1) is 11.8 Å². The molecule has 8 heteroatoms. The van der Waals surface area contributed by atoms with Gasteiger partial charge in [0.25, 0.3) is 5.91 Å². The molecule has 0 saturated heterocycles. The van der Waals surface area contributed by atoms with Crippen LogP contribution in [0.15, 0.2) is 48.5 Å². The van der Waals surface area contributed by atoms with E-state index in [9.17, 15) is 22.8 Å². The molecule has 0 spiro atoms. The fourth-order valence-corrected chi connectivity index (χ4v) is 2.80. The first-order valence-electron chi connectivity index (χ1n) is 8.85. The molecule has 1 saturated carbocycles. The first-order chi connectivity index (χ1) is 13.2. The molecule has 0 aliphatic heterocycles. The average molecular weight is 391 g/mol. The van der Waals surface area contributed by atoms with Gasteiger partial charge in [0.15, 0.2) is 0 Å². The van der Waals surface area contributed by atoms with Crippen molar-refractivity contribution in [1.29, 1.82) is 0 Å². The fourth-order valence-electron chi connectivity index (χ4n) is 2.80. The van der Waals surface area contributed by atoms with Crippen molar-refractivity contribution in [3.63, 3.8) is 0 Å². The van der Waals surface area contributed by atoms with Gasteiger partial charge in [0.2, 0.25) is 5.91 Å². The van der Waals surface area contributed by atoms with E-state index in [1.807, 2.05) is 6.92 Å². The quantitative estimate of drug-likeness (QED) is 0.679. The van der Waals surface area contributed by atoms with Gasteiger partial charge in [-0.2, -0.15) is 13.2 Å². The van der Waals surface area contributed by atoms with Crippen LogP contribution in [-0.2, 0) is 4.79 Å². The van der Waals surface area contributed by atoms with E-state index in [4.69, 9.17) is 0 Å². The molecule has 5 nitrogen and oxygen atoms in total. The van der Waals surface area contributed by atoms with Crippen molar-refractivity contribution in [2.75, 3.05) is 22.5 Å². The van der Waals surface area contributed by atoms with E-state index in [-0.39, 0.29) is 28.8 Å². The monoisotopic (exact) mass is 391 g/mol. The number of carbonyl (C=O) groups is 2. The normalized spacial score (nSPS) is 18.3. The van der Waals surface area contributed by atoms with Crippen LogP contribution in [0.2, 0.25) is 0 Å². The van der Waals surface area contributed by atoms with E-state index < -0.39 is 18.6 Å². The smallest absolute Gasteiger partial charge is 0.375 e. The summed E-state index contributed by atoms with van der Waals surface area (Å²) in [6, 6.07) is 12.6. The standard InChI is InChI=1S/C20H20F3N3O2/c1-12-9-15(12)19(28)25-14-6-4-5-13(10-14)18(27)26-17-8-3-2-7-16(17)24-11-20(21,22)23/h2-8,10,12,15,24H,9,11H2,1H3,(H,25,28)(H,26,27). The zero-order valence-corrected chi connectivity index (χ0v) is 15.1. The van der Waals surface area contributed by atoms with Crippen LogP contribution >= 0.6 is 0 Å². The number of rotatable bonds is 6. The number of carbonyl (C=O) groups excluding carboxylic acids is 2. The van der Waals surface area contributed by atoms with E-state index in [1.165, 1.54) is 18.2 Å². The van der Waals surface area contributed by atoms with Crippen molar-refractivity contribution >= 4 is 28.9 Å². The maximum absolute atomic E-state index is 12.5. The van der Waals surface area contributed by atoms with Gasteiger partial charge in [-0.3, -0.25) is 9.59 Å². The molecule has 0 radical (unpaired) electrons. The lowest BCUT2D eigenvalue weighted by molar-refractivity contribution is -0.117. The minimum atomic E-state index is -4.37. The number of amides is 2. The van der Waals surface area contributed by atoms with E-state index in [1.54, 1.807) is 30.3 Å². The second kappa shape index (κ2) is 7.92. The van der Waals surface area contributed by atoms with E-state index in [0.29, 0.717) is 11.6 Å². The lowest BCUT2D eigenvalue weighted by Gasteiger charge is -2.14. The molecule has 2 atom stereocenters. The highest BCUT2D eigenvalue weighted by Gasteiger charge is 2.39. The van der Waals surface area contributed by atoms with Gasteiger partial charge in [0.05, 0.1) is 11.4 Å². The Labute approximate surface area is 160 Å². The van der Waals surface area contributed by atoms with Crippen LogP contribution in [0.5, 0.6) is 0 Å². The van der Waals surface area contributed by atoms with Gasteiger partial charge in [0.1, 0.15) is 6.54 Å². The molecular weight excluding hydrogens is 371 g/mol. The summed E-state index contributed by atoms with van der Waals surface area (Å²) >= 11 is 0. The Hall–Kier alpha value is -3.03. The van der Waals surface area contributed by atoms with E-state index in [0.717, 1.165) is 6.42 Å². The number of halogens is 3. The largest absolute Gasteiger partial charge is 0.405 e. The molecule has 3 rings (SSSR count). The molecule has 148 valence electrons. The minimum Gasteiger partial charge on any atom is -0.375 e. The summed E-state index contributed by atoms with van der Waals surface area (Å²) in [5.41, 5.74) is 1.19. The second-order valence-corrected chi connectivity index (χ2v) is 6.86. The molecule has 1 aliphatic carbocycles. The number of anilines is 3. The van der Waals surface area contributed by atoms with E-state index >= 15 is 0 Å². The maximum atomic E-state index is 12.5. The van der Waals surface area contributed by atoms with Crippen LogP contribution in [0.3, 0.4) is 0 Å². The molecule has 0 aromatic heterocycles. The second-order valence-electron chi connectivity index (χ2n) is 6.86. The Bertz CT molecular complexity index is 883.